The highest BCUT2D eigenvalue weighted by Gasteiger charge is 2.04. The molecule has 0 atom stereocenters. The zero-order chi connectivity index (χ0) is 11.3. The number of benzene rings is 1. The summed E-state index contributed by atoms with van der Waals surface area (Å²) >= 11 is 0. The highest BCUT2D eigenvalue weighted by Crippen LogP contribution is 2.18. The Bertz CT molecular complexity index is 407. The Morgan fingerprint density at radius 3 is 2.87 bits per heavy atom. The Balaban J connectivity index is 2.63. The molecule has 0 saturated carbocycles. The first kappa shape index (κ1) is 11.3. The average molecular weight is 205 g/mol. The molecule has 0 bridgehead atoms. The Kier molecular flexibility index (Phi) is 3.87. The molecule has 0 radical (unpaired) electrons. The van der Waals surface area contributed by atoms with Gasteiger partial charge >= 0.3 is 0 Å². The van der Waals surface area contributed by atoms with Crippen LogP contribution < -0.4 is 4.74 Å². The number of hydrogen-bond donors (Lipinski definition) is 0. The van der Waals surface area contributed by atoms with Gasteiger partial charge < -0.3 is 4.74 Å². The molecule has 15 heavy (non-hydrogen) atoms. The van der Waals surface area contributed by atoms with Gasteiger partial charge in [-0.15, -0.1) is 6.58 Å². The van der Waals surface area contributed by atoms with Crippen molar-refractivity contribution < 1.29 is 9.13 Å². The van der Waals surface area contributed by atoms with E-state index in [4.69, 9.17) is 10.00 Å². The van der Waals surface area contributed by atoms with Gasteiger partial charge in [0.05, 0.1) is 18.2 Å². The SMILES string of the molecule is C=C(C)CCOc1ccc(C#N)cc1F. The lowest BCUT2D eigenvalue weighted by atomic mass is 10.2. The monoisotopic (exact) mass is 205 g/mol. The van der Waals surface area contributed by atoms with Gasteiger partial charge in [0.2, 0.25) is 0 Å². The molecule has 78 valence electrons. The highest BCUT2D eigenvalue weighted by molar-refractivity contribution is 5.35. The predicted molar refractivity (Wildman–Crippen MR) is 56.0 cm³/mol. The number of hydrogen-bond acceptors (Lipinski definition) is 2. The fourth-order valence-electron chi connectivity index (χ4n) is 1.02. The first-order valence-electron chi connectivity index (χ1n) is 4.60. The van der Waals surface area contributed by atoms with Crippen LogP contribution in [0.15, 0.2) is 30.4 Å². The van der Waals surface area contributed by atoms with Crippen molar-refractivity contribution in [2.45, 2.75) is 13.3 Å². The van der Waals surface area contributed by atoms with Gasteiger partial charge in [0.15, 0.2) is 11.6 Å². The second-order valence-electron chi connectivity index (χ2n) is 3.31. The van der Waals surface area contributed by atoms with E-state index in [0.717, 1.165) is 11.6 Å². The first-order valence-corrected chi connectivity index (χ1v) is 4.60. The largest absolute Gasteiger partial charge is 0.490 e. The lowest BCUT2D eigenvalue weighted by Gasteiger charge is -2.06. The quantitative estimate of drug-likeness (QED) is 0.708. The minimum atomic E-state index is -0.504. The Morgan fingerprint density at radius 1 is 1.60 bits per heavy atom. The molecule has 0 unspecified atom stereocenters. The van der Waals surface area contributed by atoms with Crippen molar-refractivity contribution in [3.63, 3.8) is 0 Å². The van der Waals surface area contributed by atoms with Crippen LogP contribution in [0.25, 0.3) is 0 Å². The normalized spacial score (nSPS) is 9.40. The predicted octanol–water partition coefficient (Wildman–Crippen LogP) is 3.04. The molecule has 1 aromatic rings. The summed E-state index contributed by atoms with van der Waals surface area (Å²) in [6.45, 7) is 6.01. The highest BCUT2D eigenvalue weighted by atomic mass is 19.1. The van der Waals surface area contributed by atoms with Crippen molar-refractivity contribution in [1.82, 2.24) is 0 Å². The molecule has 3 heteroatoms. The standard InChI is InChI=1S/C12H12FNO/c1-9(2)5-6-15-12-4-3-10(8-14)7-11(12)13/h3-4,7H,1,5-6H2,2H3. The van der Waals surface area contributed by atoms with Crippen LogP contribution in [0, 0.1) is 17.1 Å². The molecule has 0 N–H and O–H groups in total. The Hall–Kier alpha value is -1.82. The van der Waals surface area contributed by atoms with Crippen LogP contribution in [-0.2, 0) is 0 Å². The van der Waals surface area contributed by atoms with Crippen LogP contribution >= 0.6 is 0 Å². The number of halogens is 1. The molecule has 0 heterocycles. The third-order valence-electron chi connectivity index (χ3n) is 1.85. The van der Waals surface area contributed by atoms with E-state index in [1.807, 2.05) is 13.0 Å². The molecule has 2 nitrogen and oxygen atoms in total. The molecular weight excluding hydrogens is 193 g/mol. The summed E-state index contributed by atoms with van der Waals surface area (Å²) < 4.78 is 18.5. The maximum Gasteiger partial charge on any atom is 0.166 e. The summed E-state index contributed by atoms with van der Waals surface area (Å²) in [5, 5.41) is 8.53. The minimum absolute atomic E-state index is 0.176. The van der Waals surface area contributed by atoms with Crippen molar-refractivity contribution >= 4 is 0 Å². The number of rotatable bonds is 4. The van der Waals surface area contributed by atoms with Gasteiger partial charge in [0.25, 0.3) is 0 Å². The summed E-state index contributed by atoms with van der Waals surface area (Å²) in [7, 11) is 0. The second-order valence-corrected chi connectivity index (χ2v) is 3.31. The van der Waals surface area contributed by atoms with Crippen molar-refractivity contribution in [1.29, 1.82) is 5.26 Å². The molecule has 0 amide bonds. The summed E-state index contributed by atoms with van der Waals surface area (Å²) in [5.74, 6) is -0.328. The van der Waals surface area contributed by atoms with Crippen molar-refractivity contribution in [3.8, 4) is 11.8 Å². The fraction of sp³-hybridized carbons (Fsp3) is 0.250. The molecule has 1 aromatic carbocycles. The Morgan fingerprint density at radius 2 is 2.33 bits per heavy atom. The van der Waals surface area contributed by atoms with Gasteiger partial charge in [-0.05, 0) is 25.1 Å². The number of nitrogens with zero attached hydrogens (tertiary/aromatic N) is 1. The minimum Gasteiger partial charge on any atom is -0.490 e. The third kappa shape index (κ3) is 3.43. The molecule has 0 aliphatic carbocycles. The smallest absolute Gasteiger partial charge is 0.166 e. The lowest BCUT2D eigenvalue weighted by Crippen LogP contribution is -1.99. The number of ether oxygens (including phenoxy) is 1. The van der Waals surface area contributed by atoms with Crippen molar-refractivity contribution in [2.75, 3.05) is 6.61 Å². The van der Waals surface area contributed by atoms with Crippen LogP contribution in [0.4, 0.5) is 4.39 Å². The number of nitriles is 1. The van der Waals surface area contributed by atoms with E-state index >= 15 is 0 Å². The summed E-state index contributed by atoms with van der Waals surface area (Å²) in [6, 6.07) is 6.01. The fourth-order valence-corrected chi connectivity index (χ4v) is 1.02. The molecule has 0 aliphatic rings. The zero-order valence-corrected chi connectivity index (χ0v) is 8.59. The molecule has 0 saturated heterocycles. The first-order chi connectivity index (χ1) is 7.13. The third-order valence-corrected chi connectivity index (χ3v) is 1.85. The van der Waals surface area contributed by atoms with Gasteiger partial charge in [0.1, 0.15) is 0 Å². The topological polar surface area (TPSA) is 33.0 Å². The Labute approximate surface area is 88.6 Å². The molecule has 0 aliphatic heterocycles. The summed E-state index contributed by atoms with van der Waals surface area (Å²) in [6.07, 6.45) is 0.694. The molecule has 0 spiro atoms. The summed E-state index contributed by atoms with van der Waals surface area (Å²) in [4.78, 5) is 0. The van der Waals surface area contributed by atoms with E-state index in [1.54, 1.807) is 0 Å². The van der Waals surface area contributed by atoms with Crippen LogP contribution in [-0.4, -0.2) is 6.61 Å². The molecular formula is C12H12FNO. The van der Waals surface area contributed by atoms with E-state index in [2.05, 4.69) is 6.58 Å². The van der Waals surface area contributed by atoms with Crippen molar-refractivity contribution in [3.05, 3.63) is 41.7 Å². The van der Waals surface area contributed by atoms with Gasteiger partial charge in [-0.2, -0.15) is 5.26 Å². The van der Waals surface area contributed by atoms with E-state index in [-0.39, 0.29) is 5.75 Å². The van der Waals surface area contributed by atoms with Gasteiger partial charge in [0, 0.05) is 6.42 Å². The van der Waals surface area contributed by atoms with Crippen LogP contribution in [0.1, 0.15) is 18.9 Å². The van der Waals surface area contributed by atoms with Gasteiger partial charge in [-0.25, -0.2) is 4.39 Å². The van der Waals surface area contributed by atoms with Crippen LogP contribution in [0.2, 0.25) is 0 Å². The van der Waals surface area contributed by atoms with E-state index < -0.39 is 5.82 Å². The second kappa shape index (κ2) is 5.16. The molecule has 1 rings (SSSR count). The van der Waals surface area contributed by atoms with E-state index in [9.17, 15) is 4.39 Å². The van der Waals surface area contributed by atoms with Crippen LogP contribution in [0.5, 0.6) is 5.75 Å². The average Bonchev–Trinajstić information content (AvgIpc) is 2.20. The van der Waals surface area contributed by atoms with Crippen molar-refractivity contribution in [2.24, 2.45) is 0 Å². The maximum atomic E-state index is 13.3. The van der Waals surface area contributed by atoms with E-state index in [0.29, 0.717) is 18.6 Å². The zero-order valence-electron chi connectivity index (χ0n) is 8.59. The molecule has 0 fully saturated rings. The van der Waals surface area contributed by atoms with Gasteiger partial charge in [-0.3, -0.25) is 0 Å². The van der Waals surface area contributed by atoms with Gasteiger partial charge in [-0.1, -0.05) is 5.57 Å². The van der Waals surface area contributed by atoms with E-state index in [1.165, 1.54) is 12.1 Å². The lowest BCUT2D eigenvalue weighted by molar-refractivity contribution is 0.305. The molecule has 0 aromatic heterocycles. The summed E-state index contributed by atoms with van der Waals surface area (Å²) in [5.41, 5.74) is 1.28. The maximum absolute atomic E-state index is 13.3. The van der Waals surface area contributed by atoms with Crippen LogP contribution in [0.3, 0.4) is 0 Å².